The maximum absolute atomic E-state index is 11.9. The Hall–Kier alpha value is -1.43. The fourth-order valence-corrected chi connectivity index (χ4v) is 1.55. The van der Waals surface area contributed by atoms with Crippen molar-refractivity contribution in [2.24, 2.45) is 5.92 Å². The van der Waals surface area contributed by atoms with Gasteiger partial charge in [-0.25, -0.2) is 9.48 Å². The third kappa shape index (κ3) is 4.59. The van der Waals surface area contributed by atoms with Gasteiger partial charge in [0.25, 0.3) is 0 Å². The van der Waals surface area contributed by atoms with Crippen LogP contribution in [0.5, 0.6) is 0 Å². The molecular formula is C14H25N3O3. The van der Waals surface area contributed by atoms with E-state index in [-0.39, 0.29) is 5.60 Å². The first-order valence-electron chi connectivity index (χ1n) is 6.89. The topological polar surface area (TPSA) is 66.2 Å². The van der Waals surface area contributed by atoms with Crippen molar-refractivity contribution in [2.45, 2.75) is 53.2 Å². The number of aromatic nitrogens is 3. The van der Waals surface area contributed by atoms with Gasteiger partial charge in [0.05, 0.1) is 17.9 Å². The molecule has 0 saturated heterocycles. The van der Waals surface area contributed by atoms with E-state index < -0.39 is 5.97 Å². The Kier molecular flexibility index (Phi) is 5.68. The summed E-state index contributed by atoms with van der Waals surface area (Å²) in [6, 6.07) is 0. The first-order chi connectivity index (χ1) is 9.26. The normalized spacial score (nSPS) is 11.9. The van der Waals surface area contributed by atoms with E-state index in [1.54, 1.807) is 11.8 Å². The van der Waals surface area contributed by atoms with Gasteiger partial charge in [0.15, 0.2) is 5.69 Å². The molecule has 6 heteroatoms. The first-order valence-corrected chi connectivity index (χ1v) is 6.89. The van der Waals surface area contributed by atoms with E-state index in [2.05, 4.69) is 10.3 Å². The lowest BCUT2D eigenvalue weighted by Crippen LogP contribution is -2.25. The Labute approximate surface area is 120 Å². The highest BCUT2D eigenvalue weighted by atomic mass is 16.5. The molecule has 0 bridgehead atoms. The lowest BCUT2D eigenvalue weighted by Gasteiger charge is -2.22. The molecular weight excluding hydrogens is 258 g/mol. The van der Waals surface area contributed by atoms with Crippen LogP contribution in [0.3, 0.4) is 0 Å². The van der Waals surface area contributed by atoms with E-state index >= 15 is 0 Å². The minimum atomic E-state index is -0.409. The fourth-order valence-electron chi connectivity index (χ4n) is 1.55. The Morgan fingerprint density at radius 3 is 2.60 bits per heavy atom. The van der Waals surface area contributed by atoms with E-state index in [0.29, 0.717) is 24.8 Å². The molecule has 0 unspecified atom stereocenters. The number of ether oxygens (including phenoxy) is 2. The standard InChI is InChI=1S/C14H25N3O3/c1-10(2)9-20-13(18)12-11(3)17(16-15-12)8-7-14(4,5)19-6/h10H,7-9H2,1-6H3. The zero-order valence-corrected chi connectivity index (χ0v) is 13.3. The van der Waals surface area contributed by atoms with Crippen LogP contribution in [-0.4, -0.2) is 40.3 Å². The van der Waals surface area contributed by atoms with Crippen molar-refractivity contribution in [2.75, 3.05) is 13.7 Å². The van der Waals surface area contributed by atoms with Crippen molar-refractivity contribution in [3.63, 3.8) is 0 Å². The van der Waals surface area contributed by atoms with Crippen molar-refractivity contribution < 1.29 is 14.3 Å². The van der Waals surface area contributed by atoms with Gasteiger partial charge >= 0.3 is 5.97 Å². The molecule has 0 aliphatic heterocycles. The summed E-state index contributed by atoms with van der Waals surface area (Å²) >= 11 is 0. The van der Waals surface area contributed by atoms with E-state index in [1.807, 2.05) is 34.6 Å². The molecule has 0 atom stereocenters. The number of hydrogen-bond donors (Lipinski definition) is 0. The minimum Gasteiger partial charge on any atom is -0.461 e. The van der Waals surface area contributed by atoms with E-state index in [0.717, 1.165) is 12.1 Å². The van der Waals surface area contributed by atoms with Gasteiger partial charge in [0, 0.05) is 13.7 Å². The van der Waals surface area contributed by atoms with Gasteiger partial charge in [0.1, 0.15) is 0 Å². The maximum Gasteiger partial charge on any atom is 0.360 e. The van der Waals surface area contributed by atoms with Gasteiger partial charge < -0.3 is 9.47 Å². The number of esters is 1. The molecule has 1 aromatic rings. The average Bonchev–Trinajstić information content (AvgIpc) is 2.75. The molecule has 0 spiro atoms. The van der Waals surface area contributed by atoms with Crippen LogP contribution in [0.2, 0.25) is 0 Å². The Bertz CT molecular complexity index is 453. The summed E-state index contributed by atoms with van der Waals surface area (Å²) in [7, 11) is 1.68. The molecule has 0 radical (unpaired) electrons. The van der Waals surface area contributed by atoms with Gasteiger partial charge in [-0.2, -0.15) is 0 Å². The van der Waals surface area contributed by atoms with Crippen molar-refractivity contribution in [1.82, 2.24) is 15.0 Å². The summed E-state index contributed by atoms with van der Waals surface area (Å²) in [6.45, 7) is 10.9. The van der Waals surface area contributed by atoms with Gasteiger partial charge in [-0.1, -0.05) is 19.1 Å². The van der Waals surface area contributed by atoms with Crippen LogP contribution in [0.1, 0.15) is 50.3 Å². The van der Waals surface area contributed by atoms with Crippen molar-refractivity contribution >= 4 is 5.97 Å². The molecule has 0 saturated carbocycles. The van der Waals surface area contributed by atoms with Gasteiger partial charge in [-0.3, -0.25) is 0 Å². The molecule has 1 rings (SSSR count). The summed E-state index contributed by atoms with van der Waals surface area (Å²) in [6.07, 6.45) is 0.786. The second kappa shape index (κ2) is 6.83. The van der Waals surface area contributed by atoms with Crippen LogP contribution in [0.15, 0.2) is 0 Å². The number of nitrogens with zero attached hydrogens (tertiary/aromatic N) is 3. The van der Waals surface area contributed by atoms with Crippen LogP contribution in [-0.2, 0) is 16.0 Å². The average molecular weight is 283 g/mol. The summed E-state index contributed by atoms with van der Waals surface area (Å²) in [5.41, 5.74) is 0.794. The van der Waals surface area contributed by atoms with E-state index in [9.17, 15) is 4.79 Å². The molecule has 1 aromatic heterocycles. The summed E-state index contributed by atoms with van der Waals surface area (Å²) in [5.74, 6) is -0.106. The second-order valence-electron chi connectivity index (χ2n) is 5.95. The lowest BCUT2D eigenvalue weighted by atomic mass is 10.1. The maximum atomic E-state index is 11.9. The van der Waals surface area contributed by atoms with Crippen LogP contribution in [0.25, 0.3) is 0 Å². The molecule has 6 nitrogen and oxygen atoms in total. The Morgan fingerprint density at radius 2 is 2.05 bits per heavy atom. The molecule has 114 valence electrons. The number of hydrogen-bond acceptors (Lipinski definition) is 5. The first kappa shape index (κ1) is 16.6. The predicted octanol–water partition coefficient (Wildman–Crippen LogP) is 2.21. The highest BCUT2D eigenvalue weighted by Crippen LogP contribution is 2.15. The largest absolute Gasteiger partial charge is 0.461 e. The molecule has 20 heavy (non-hydrogen) atoms. The molecule has 0 amide bonds. The quantitative estimate of drug-likeness (QED) is 0.718. The zero-order chi connectivity index (χ0) is 15.3. The van der Waals surface area contributed by atoms with Crippen molar-refractivity contribution in [3.05, 3.63) is 11.4 Å². The smallest absolute Gasteiger partial charge is 0.360 e. The predicted molar refractivity (Wildman–Crippen MR) is 75.6 cm³/mol. The van der Waals surface area contributed by atoms with Gasteiger partial charge in [0.2, 0.25) is 0 Å². The van der Waals surface area contributed by atoms with Gasteiger partial charge in [-0.05, 0) is 33.1 Å². The second-order valence-corrected chi connectivity index (χ2v) is 5.95. The number of methoxy groups -OCH3 is 1. The van der Waals surface area contributed by atoms with Crippen LogP contribution in [0.4, 0.5) is 0 Å². The highest BCUT2D eigenvalue weighted by Gasteiger charge is 2.21. The highest BCUT2D eigenvalue weighted by molar-refractivity contribution is 5.88. The number of carbonyl (C=O) groups excluding carboxylic acids is 1. The Morgan fingerprint density at radius 1 is 1.40 bits per heavy atom. The number of aryl methyl sites for hydroxylation is 1. The van der Waals surface area contributed by atoms with Crippen LogP contribution >= 0.6 is 0 Å². The molecule has 0 aliphatic rings. The molecule has 0 N–H and O–H groups in total. The summed E-state index contributed by atoms with van der Waals surface area (Å²) < 4.78 is 12.3. The monoisotopic (exact) mass is 283 g/mol. The fraction of sp³-hybridized carbons (Fsp3) is 0.786. The number of rotatable bonds is 7. The SMILES string of the molecule is COC(C)(C)CCn1nnc(C(=O)OCC(C)C)c1C. The van der Waals surface area contributed by atoms with Crippen molar-refractivity contribution in [1.29, 1.82) is 0 Å². The third-order valence-electron chi connectivity index (χ3n) is 3.20. The van der Waals surface area contributed by atoms with Crippen LogP contribution in [0, 0.1) is 12.8 Å². The number of carbonyl (C=O) groups is 1. The lowest BCUT2D eigenvalue weighted by molar-refractivity contribution is 0.0111. The molecule has 0 fully saturated rings. The minimum absolute atomic E-state index is 0.225. The molecule has 1 heterocycles. The van der Waals surface area contributed by atoms with Crippen LogP contribution < -0.4 is 0 Å². The van der Waals surface area contributed by atoms with E-state index in [1.165, 1.54) is 0 Å². The zero-order valence-electron chi connectivity index (χ0n) is 13.3. The summed E-state index contributed by atoms with van der Waals surface area (Å²) in [5, 5.41) is 7.93. The summed E-state index contributed by atoms with van der Waals surface area (Å²) in [4.78, 5) is 11.9. The third-order valence-corrected chi connectivity index (χ3v) is 3.20. The van der Waals surface area contributed by atoms with Gasteiger partial charge in [-0.15, -0.1) is 5.10 Å². The molecule has 0 aliphatic carbocycles. The Balaban J connectivity index is 2.67. The van der Waals surface area contributed by atoms with E-state index in [4.69, 9.17) is 9.47 Å². The molecule has 0 aromatic carbocycles. The van der Waals surface area contributed by atoms with Crippen molar-refractivity contribution in [3.8, 4) is 0 Å².